The van der Waals surface area contributed by atoms with E-state index < -0.39 is 0 Å². The summed E-state index contributed by atoms with van der Waals surface area (Å²) in [5, 5.41) is 3.00. The zero-order valence-corrected chi connectivity index (χ0v) is 8.45. The van der Waals surface area contributed by atoms with Crippen LogP contribution in [-0.2, 0) is 16.1 Å². The van der Waals surface area contributed by atoms with Gasteiger partial charge in [0.25, 0.3) is 0 Å². The quantitative estimate of drug-likeness (QED) is 0.723. The first-order valence-corrected chi connectivity index (χ1v) is 4.66. The molecule has 1 aromatic heterocycles. The Balaban J connectivity index is 2.27. The summed E-state index contributed by atoms with van der Waals surface area (Å²) >= 11 is 0. The second-order valence-electron chi connectivity index (χ2n) is 2.93. The molecular formula is C10H15NO3. The number of nitrogens with one attached hydrogen (secondary N) is 1. The lowest BCUT2D eigenvalue weighted by molar-refractivity contribution is -0.145. The average molecular weight is 197 g/mol. The summed E-state index contributed by atoms with van der Waals surface area (Å²) in [5.74, 6) is 0.570. The Hall–Kier alpha value is -1.29. The Bertz CT molecular complexity index is 269. The van der Waals surface area contributed by atoms with Crippen molar-refractivity contribution in [3.63, 3.8) is 0 Å². The predicted molar refractivity (Wildman–Crippen MR) is 51.6 cm³/mol. The maximum absolute atomic E-state index is 11.2. The summed E-state index contributed by atoms with van der Waals surface area (Å²) in [4.78, 5) is 11.2. The zero-order valence-electron chi connectivity index (χ0n) is 8.45. The topological polar surface area (TPSA) is 51.5 Å². The standard InChI is InChI=1S/C10H15NO3/c1-3-13-10(12)8(2)11-7-9-5-4-6-14-9/h4-6,8,11H,3,7H2,1-2H3. The minimum Gasteiger partial charge on any atom is -0.468 e. The molecule has 0 aliphatic rings. The van der Waals surface area contributed by atoms with Gasteiger partial charge in [0.1, 0.15) is 11.8 Å². The largest absolute Gasteiger partial charge is 0.468 e. The normalized spacial score (nSPS) is 12.4. The van der Waals surface area contributed by atoms with Gasteiger partial charge in [-0.3, -0.25) is 10.1 Å². The molecule has 1 rings (SSSR count). The van der Waals surface area contributed by atoms with E-state index in [4.69, 9.17) is 9.15 Å². The second-order valence-corrected chi connectivity index (χ2v) is 2.93. The smallest absolute Gasteiger partial charge is 0.322 e. The monoisotopic (exact) mass is 197 g/mol. The van der Waals surface area contributed by atoms with Gasteiger partial charge in [-0.1, -0.05) is 0 Å². The highest BCUT2D eigenvalue weighted by molar-refractivity contribution is 5.75. The van der Waals surface area contributed by atoms with E-state index in [1.54, 1.807) is 20.1 Å². The van der Waals surface area contributed by atoms with E-state index in [1.165, 1.54) is 0 Å². The Morgan fingerprint density at radius 2 is 2.50 bits per heavy atom. The lowest BCUT2D eigenvalue weighted by Crippen LogP contribution is -2.34. The molecule has 1 aromatic rings. The van der Waals surface area contributed by atoms with Gasteiger partial charge in [0.05, 0.1) is 19.4 Å². The van der Waals surface area contributed by atoms with Crippen LogP contribution in [0.4, 0.5) is 0 Å². The molecule has 14 heavy (non-hydrogen) atoms. The minimum atomic E-state index is -0.306. The lowest BCUT2D eigenvalue weighted by atomic mass is 10.3. The molecule has 1 heterocycles. The maximum atomic E-state index is 11.2. The van der Waals surface area contributed by atoms with Crippen LogP contribution in [0.3, 0.4) is 0 Å². The summed E-state index contributed by atoms with van der Waals surface area (Å²) in [6.45, 7) is 4.50. The molecule has 1 unspecified atom stereocenters. The summed E-state index contributed by atoms with van der Waals surface area (Å²) < 4.78 is 9.95. The number of esters is 1. The van der Waals surface area contributed by atoms with Crippen LogP contribution in [0.15, 0.2) is 22.8 Å². The molecule has 1 N–H and O–H groups in total. The number of hydrogen-bond donors (Lipinski definition) is 1. The summed E-state index contributed by atoms with van der Waals surface area (Å²) in [5.41, 5.74) is 0. The third-order valence-electron chi connectivity index (χ3n) is 1.80. The van der Waals surface area contributed by atoms with Crippen LogP contribution in [0.2, 0.25) is 0 Å². The Labute approximate surface area is 83.2 Å². The number of furan rings is 1. The van der Waals surface area contributed by atoms with Crippen molar-refractivity contribution >= 4 is 5.97 Å². The molecule has 0 radical (unpaired) electrons. The van der Waals surface area contributed by atoms with Crippen molar-refractivity contribution in [3.05, 3.63) is 24.2 Å². The molecule has 0 saturated carbocycles. The fourth-order valence-electron chi connectivity index (χ4n) is 1.02. The van der Waals surface area contributed by atoms with Gasteiger partial charge >= 0.3 is 5.97 Å². The van der Waals surface area contributed by atoms with E-state index >= 15 is 0 Å². The van der Waals surface area contributed by atoms with Crippen LogP contribution in [-0.4, -0.2) is 18.6 Å². The van der Waals surface area contributed by atoms with E-state index in [2.05, 4.69) is 5.32 Å². The number of ether oxygens (including phenoxy) is 1. The fourth-order valence-corrected chi connectivity index (χ4v) is 1.02. The minimum absolute atomic E-state index is 0.237. The molecule has 0 aliphatic heterocycles. The van der Waals surface area contributed by atoms with Gasteiger partial charge in [0, 0.05) is 0 Å². The van der Waals surface area contributed by atoms with Crippen molar-refractivity contribution in [1.82, 2.24) is 5.32 Å². The highest BCUT2D eigenvalue weighted by Gasteiger charge is 2.12. The lowest BCUT2D eigenvalue weighted by Gasteiger charge is -2.10. The first-order valence-electron chi connectivity index (χ1n) is 4.66. The average Bonchev–Trinajstić information content (AvgIpc) is 2.67. The van der Waals surface area contributed by atoms with Gasteiger partial charge in [0.15, 0.2) is 0 Å². The van der Waals surface area contributed by atoms with E-state index in [0.717, 1.165) is 5.76 Å². The van der Waals surface area contributed by atoms with Gasteiger partial charge in [-0.15, -0.1) is 0 Å². The van der Waals surface area contributed by atoms with E-state index in [9.17, 15) is 4.79 Å². The van der Waals surface area contributed by atoms with Gasteiger partial charge < -0.3 is 9.15 Å². The van der Waals surface area contributed by atoms with Crippen LogP contribution in [0, 0.1) is 0 Å². The predicted octanol–water partition coefficient (Wildman–Crippen LogP) is 1.32. The molecule has 0 aliphatic carbocycles. The van der Waals surface area contributed by atoms with Crippen molar-refractivity contribution in [2.75, 3.05) is 6.61 Å². The molecule has 0 amide bonds. The molecule has 4 nitrogen and oxygen atoms in total. The number of hydrogen-bond acceptors (Lipinski definition) is 4. The third kappa shape index (κ3) is 3.22. The Kier molecular flexibility index (Phi) is 4.19. The number of carbonyl (C=O) groups excluding carboxylic acids is 1. The molecular weight excluding hydrogens is 182 g/mol. The molecule has 0 bridgehead atoms. The van der Waals surface area contributed by atoms with Crippen LogP contribution in [0.1, 0.15) is 19.6 Å². The maximum Gasteiger partial charge on any atom is 0.322 e. The van der Waals surface area contributed by atoms with Gasteiger partial charge in [-0.2, -0.15) is 0 Å². The van der Waals surface area contributed by atoms with Crippen molar-refractivity contribution in [2.24, 2.45) is 0 Å². The van der Waals surface area contributed by atoms with Gasteiger partial charge in [0.2, 0.25) is 0 Å². The van der Waals surface area contributed by atoms with Gasteiger partial charge in [-0.05, 0) is 26.0 Å². The van der Waals surface area contributed by atoms with Crippen molar-refractivity contribution in [1.29, 1.82) is 0 Å². The molecule has 0 spiro atoms. The molecule has 0 fully saturated rings. The zero-order chi connectivity index (χ0) is 10.4. The molecule has 0 aromatic carbocycles. The SMILES string of the molecule is CCOC(=O)C(C)NCc1ccco1. The van der Waals surface area contributed by atoms with E-state index in [1.807, 2.05) is 12.1 Å². The van der Waals surface area contributed by atoms with Crippen molar-refractivity contribution < 1.29 is 13.9 Å². The molecule has 0 saturated heterocycles. The number of carbonyl (C=O) groups is 1. The van der Waals surface area contributed by atoms with Crippen molar-refractivity contribution in [3.8, 4) is 0 Å². The third-order valence-corrected chi connectivity index (χ3v) is 1.80. The molecule has 4 heteroatoms. The summed E-state index contributed by atoms with van der Waals surface area (Å²) in [6, 6.07) is 3.36. The highest BCUT2D eigenvalue weighted by Crippen LogP contribution is 1.99. The van der Waals surface area contributed by atoms with Crippen molar-refractivity contribution in [2.45, 2.75) is 26.4 Å². The second kappa shape index (κ2) is 5.44. The molecule has 78 valence electrons. The Morgan fingerprint density at radius 1 is 1.71 bits per heavy atom. The van der Waals surface area contributed by atoms with E-state index in [-0.39, 0.29) is 12.0 Å². The number of rotatable bonds is 5. The van der Waals surface area contributed by atoms with Crippen LogP contribution < -0.4 is 5.32 Å². The fraction of sp³-hybridized carbons (Fsp3) is 0.500. The van der Waals surface area contributed by atoms with Crippen LogP contribution in [0.5, 0.6) is 0 Å². The van der Waals surface area contributed by atoms with Gasteiger partial charge in [-0.25, -0.2) is 0 Å². The highest BCUT2D eigenvalue weighted by atomic mass is 16.5. The Morgan fingerprint density at radius 3 is 3.07 bits per heavy atom. The van der Waals surface area contributed by atoms with Crippen LogP contribution in [0.25, 0.3) is 0 Å². The summed E-state index contributed by atoms with van der Waals surface area (Å²) in [7, 11) is 0. The molecule has 1 atom stereocenters. The first-order chi connectivity index (χ1) is 6.74. The van der Waals surface area contributed by atoms with Crippen LogP contribution >= 0.6 is 0 Å². The van der Waals surface area contributed by atoms with E-state index in [0.29, 0.717) is 13.2 Å². The first kappa shape index (κ1) is 10.8. The summed E-state index contributed by atoms with van der Waals surface area (Å²) in [6.07, 6.45) is 1.60.